The molecule has 0 bridgehead atoms. The standard InChI is InChI=1S/C8H12N2O3/c1-8(2,6(9)7(11)12)5-3-10-4-13-5/h3-4,6H,9H2,1-2H3,(H,11,12). The highest BCUT2D eigenvalue weighted by Crippen LogP contribution is 2.25. The van der Waals surface area contributed by atoms with E-state index >= 15 is 0 Å². The molecule has 3 N–H and O–H groups in total. The van der Waals surface area contributed by atoms with Crippen molar-refractivity contribution in [3.63, 3.8) is 0 Å². The van der Waals surface area contributed by atoms with E-state index in [1.54, 1.807) is 13.8 Å². The number of carboxylic acids is 1. The molecule has 1 unspecified atom stereocenters. The quantitative estimate of drug-likeness (QED) is 0.708. The van der Waals surface area contributed by atoms with Crippen LogP contribution in [0.25, 0.3) is 0 Å². The zero-order valence-electron chi connectivity index (χ0n) is 7.52. The Labute approximate surface area is 75.6 Å². The second-order valence-electron chi connectivity index (χ2n) is 3.40. The summed E-state index contributed by atoms with van der Waals surface area (Å²) in [7, 11) is 0. The maximum atomic E-state index is 10.7. The van der Waals surface area contributed by atoms with E-state index in [0.29, 0.717) is 5.76 Å². The molecule has 0 aromatic carbocycles. The Bertz CT molecular complexity index is 292. The topological polar surface area (TPSA) is 89.4 Å². The molecule has 0 amide bonds. The van der Waals surface area contributed by atoms with Crippen molar-refractivity contribution in [1.29, 1.82) is 0 Å². The van der Waals surface area contributed by atoms with E-state index < -0.39 is 17.4 Å². The molecule has 1 aromatic rings. The fourth-order valence-electron chi connectivity index (χ4n) is 0.996. The minimum Gasteiger partial charge on any atom is -0.480 e. The normalized spacial score (nSPS) is 14.1. The summed E-state index contributed by atoms with van der Waals surface area (Å²) in [6, 6.07) is -1.000. The lowest BCUT2D eigenvalue weighted by Crippen LogP contribution is -2.46. The lowest BCUT2D eigenvalue weighted by Gasteiger charge is -2.25. The molecule has 0 aliphatic rings. The van der Waals surface area contributed by atoms with Gasteiger partial charge in [-0.2, -0.15) is 0 Å². The van der Waals surface area contributed by atoms with Gasteiger partial charge in [0.2, 0.25) is 0 Å². The number of carbonyl (C=O) groups is 1. The maximum Gasteiger partial charge on any atom is 0.321 e. The zero-order chi connectivity index (χ0) is 10.1. The summed E-state index contributed by atoms with van der Waals surface area (Å²) < 4.78 is 5.02. The monoisotopic (exact) mass is 184 g/mol. The van der Waals surface area contributed by atoms with E-state index in [-0.39, 0.29) is 0 Å². The molecule has 1 aromatic heterocycles. The van der Waals surface area contributed by atoms with Crippen molar-refractivity contribution < 1.29 is 14.3 Å². The molecular formula is C8H12N2O3. The molecule has 13 heavy (non-hydrogen) atoms. The van der Waals surface area contributed by atoms with Crippen LogP contribution in [0.15, 0.2) is 17.0 Å². The summed E-state index contributed by atoms with van der Waals surface area (Å²) in [6.45, 7) is 3.40. The van der Waals surface area contributed by atoms with E-state index in [1.165, 1.54) is 12.6 Å². The summed E-state index contributed by atoms with van der Waals surface area (Å²) in [4.78, 5) is 14.4. The van der Waals surface area contributed by atoms with Crippen LogP contribution in [0, 0.1) is 0 Å². The molecule has 0 radical (unpaired) electrons. The van der Waals surface area contributed by atoms with Gasteiger partial charge >= 0.3 is 5.97 Å². The first kappa shape index (κ1) is 9.73. The fraction of sp³-hybridized carbons (Fsp3) is 0.500. The Morgan fingerprint density at radius 2 is 2.38 bits per heavy atom. The van der Waals surface area contributed by atoms with Gasteiger partial charge in [0.15, 0.2) is 6.39 Å². The summed E-state index contributed by atoms with van der Waals surface area (Å²) in [5, 5.41) is 8.73. The van der Waals surface area contributed by atoms with Crippen molar-refractivity contribution in [3.05, 3.63) is 18.4 Å². The number of nitrogens with two attached hydrogens (primary N) is 1. The molecule has 1 rings (SSSR count). The van der Waals surface area contributed by atoms with Crippen molar-refractivity contribution in [1.82, 2.24) is 4.98 Å². The van der Waals surface area contributed by atoms with Crippen molar-refractivity contribution in [2.24, 2.45) is 5.73 Å². The second-order valence-corrected chi connectivity index (χ2v) is 3.40. The Morgan fingerprint density at radius 1 is 1.77 bits per heavy atom. The van der Waals surface area contributed by atoms with Crippen LogP contribution in [0.1, 0.15) is 19.6 Å². The second kappa shape index (κ2) is 3.18. The first-order valence-electron chi connectivity index (χ1n) is 3.83. The molecule has 1 atom stereocenters. The van der Waals surface area contributed by atoms with Crippen molar-refractivity contribution >= 4 is 5.97 Å². The third-order valence-electron chi connectivity index (χ3n) is 2.11. The Balaban J connectivity index is 2.95. The molecule has 0 saturated heterocycles. The average molecular weight is 184 g/mol. The molecule has 0 spiro atoms. The van der Waals surface area contributed by atoms with Crippen molar-refractivity contribution in [3.8, 4) is 0 Å². The molecular weight excluding hydrogens is 172 g/mol. The Hall–Kier alpha value is -1.36. The SMILES string of the molecule is CC(C)(c1cnco1)C(N)C(=O)O. The summed E-state index contributed by atoms with van der Waals surface area (Å²) in [6.07, 6.45) is 2.73. The maximum absolute atomic E-state index is 10.7. The van der Waals surface area contributed by atoms with Crippen LogP contribution in [-0.4, -0.2) is 22.1 Å². The highest BCUT2D eigenvalue weighted by Gasteiger charge is 2.36. The Kier molecular flexibility index (Phi) is 2.38. The van der Waals surface area contributed by atoms with E-state index in [2.05, 4.69) is 4.98 Å². The number of hydrogen-bond acceptors (Lipinski definition) is 4. The third kappa shape index (κ3) is 1.70. The lowest BCUT2D eigenvalue weighted by atomic mass is 9.83. The van der Waals surface area contributed by atoms with E-state index in [0.717, 1.165) is 0 Å². The van der Waals surface area contributed by atoms with Gasteiger partial charge in [0.1, 0.15) is 11.8 Å². The van der Waals surface area contributed by atoms with Gasteiger partial charge < -0.3 is 15.3 Å². The molecule has 72 valence electrons. The largest absolute Gasteiger partial charge is 0.480 e. The number of hydrogen-bond donors (Lipinski definition) is 2. The van der Waals surface area contributed by atoms with Crippen LogP contribution in [0.5, 0.6) is 0 Å². The van der Waals surface area contributed by atoms with Crippen molar-refractivity contribution in [2.75, 3.05) is 0 Å². The van der Waals surface area contributed by atoms with Gasteiger partial charge in [-0.15, -0.1) is 0 Å². The Morgan fingerprint density at radius 3 is 2.77 bits per heavy atom. The van der Waals surface area contributed by atoms with Gasteiger partial charge in [0.05, 0.1) is 11.6 Å². The van der Waals surface area contributed by atoms with Gasteiger partial charge in [-0.25, -0.2) is 4.98 Å². The molecule has 1 heterocycles. The number of aliphatic carboxylic acids is 1. The first-order chi connectivity index (χ1) is 5.96. The van der Waals surface area contributed by atoms with E-state index in [1.807, 2.05) is 0 Å². The minimum absolute atomic E-state index is 0.474. The van der Waals surface area contributed by atoms with Gasteiger partial charge in [-0.1, -0.05) is 13.8 Å². The highest BCUT2D eigenvalue weighted by molar-refractivity contribution is 5.75. The summed E-state index contributed by atoms with van der Waals surface area (Å²) in [5.74, 6) is -0.580. The van der Waals surface area contributed by atoms with Gasteiger partial charge in [0, 0.05) is 0 Å². The average Bonchev–Trinajstić information content (AvgIpc) is 2.54. The summed E-state index contributed by atoms with van der Waals surface area (Å²) >= 11 is 0. The number of carboxylic acid groups (broad SMARTS) is 1. The smallest absolute Gasteiger partial charge is 0.321 e. The van der Waals surface area contributed by atoms with E-state index in [4.69, 9.17) is 15.3 Å². The van der Waals surface area contributed by atoms with E-state index in [9.17, 15) is 4.79 Å². The minimum atomic E-state index is -1.05. The van der Waals surface area contributed by atoms with Crippen LogP contribution < -0.4 is 5.73 Å². The van der Waals surface area contributed by atoms with Crippen LogP contribution in [0.3, 0.4) is 0 Å². The van der Waals surface area contributed by atoms with Gasteiger partial charge in [0.25, 0.3) is 0 Å². The van der Waals surface area contributed by atoms with Crippen LogP contribution in [0.2, 0.25) is 0 Å². The summed E-state index contributed by atoms with van der Waals surface area (Å²) in [5.41, 5.74) is 4.75. The third-order valence-corrected chi connectivity index (χ3v) is 2.11. The highest BCUT2D eigenvalue weighted by atomic mass is 16.4. The lowest BCUT2D eigenvalue weighted by molar-refractivity contribution is -0.140. The number of rotatable bonds is 3. The predicted octanol–water partition coefficient (Wildman–Crippen LogP) is 0.364. The molecule has 0 fully saturated rings. The van der Waals surface area contributed by atoms with Crippen LogP contribution in [-0.2, 0) is 10.2 Å². The predicted molar refractivity (Wildman–Crippen MR) is 45.1 cm³/mol. The number of nitrogens with zero attached hydrogens (tertiary/aromatic N) is 1. The fourth-order valence-corrected chi connectivity index (χ4v) is 0.996. The number of oxazole rings is 1. The molecule has 0 aliphatic heterocycles. The number of aromatic nitrogens is 1. The van der Waals surface area contributed by atoms with Crippen LogP contribution >= 0.6 is 0 Å². The zero-order valence-corrected chi connectivity index (χ0v) is 7.52. The van der Waals surface area contributed by atoms with Crippen molar-refractivity contribution in [2.45, 2.75) is 25.3 Å². The first-order valence-corrected chi connectivity index (χ1v) is 3.83. The molecule has 5 heteroatoms. The molecule has 5 nitrogen and oxygen atoms in total. The molecule has 0 saturated carbocycles. The van der Waals surface area contributed by atoms with Gasteiger partial charge in [-0.05, 0) is 0 Å². The van der Waals surface area contributed by atoms with Crippen LogP contribution in [0.4, 0.5) is 0 Å². The van der Waals surface area contributed by atoms with Gasteiger partial charge in [-0.3, -0.25) is 4.79 Å². The molecule has 0 aliphatic carbocycles.